The molecule has 0 aliphatic rings. The number of amides is 1. The first-order valence-electron chi connectivity index (χ1n) is 8.49. The maximum atomic E-state index is 12.9. The third kappa shape index (κ3) is 4.80. The number of hydrogen-bond donors (Lipinski definition) is 0. The lowest BCUT2D eigenvalue weighted by Crippen LogP contribution is -2.33. The summed E-state index contributed by atoms with van der Waals surface area (Å²) in [6, 6.07) is 13.8. The number of carbonyl (C=O) groups excluding carboxylic acids is 1. The molecular formula is C21H24N2O2S. The van der Waals surface area contributed by atoms with Crippen molar-refractivity contribution in [2.45, 2.75) is 32.1 Å². The molecule has 0 aliphatic heterocycles. The van der Waals surface area contributed by atoms with Crippen LogP contribution in [0.4, 0.5) is 5.69 Å². The van der Waals surface area contributed by atoms with Gasteiger partial charge < -0.3 is 9.64 Å². The standard InChI is InChI=1S/C21H24N2O2S/c1-15-12-16(2)21(17(3)13-15)26-14-20(24)23(11-7-10-22)18-8-5-6-9-19(18)25-4/h5-6,8-9,12-13H,7,11,14H2,1-4H3. The number of nitriles is 1. The summed E-state index contributed by atoms with van der Waals surface area (Å²) >= 11 is 1.55. The van der Waals surface area contributed by atoms with E-state index in [0.717, 1.165) is 4.90 Å². The van der Waals surface area contributed by atoms with E-state index < -0.39 is 0 Å². The number of ether oxygens (including phenoxy) is 1. The molecule has 0 heterocycles. The van der Waals surface area contributed by atoms with Crippen LogP contribution in [-0.4, -0.2) is 25.3 Å². The van der Waals surface area contributed by atoms with Crippen LogP contribution in [0, 0.1) is 32.1 Å². The molecule has 0 saturated carbocycles. The van der Waals surface area contributed by atoms with Gasteiger partial charge in [-0.3, -0.25) is 4.79 Å². The molecule has 0 fully saturated rings. The van der Waals surface area contributed by atoms with Crippen molar-refractivity contribution in [1.82, 2.24) is 0 Å². The minimum absolute atomic E-state index is 0.0332. The van der Waals surface area contributed by atoms with Crippen LogP contribution in [-0.2, 0) is 4.79 Å². The molecule has 0 spiro atoms. The predicted molar refractivity (Wildman–Crippen MR) is 107 cm³/mol. The molecule has 1 amide bonds. The highest BCUT2D eigenvalue weighted by Gasteiger charge is 2.19. The lowest BCUT2D eigenvalue weighted by atomic mass is 10.1. The van der Waals surface area contributed by atoms with Gasteiger partial charge in [0.05, 0.1) is 31.0 Å². The number of hydrogen-bond acceptors (Lipinski definition) is 4. The Hall–Kier alpha value is -2.45. The minimum Gasteiger partial charge on any atom is -0.495 e. The van der Waals surface area contributed by atoms with Gasteiger partial charge in [-0.2, -0.15) is 5.26 Å². The van der Waals surface area contributed by atoms with E-state index >= 15 is 0 Å². The zero-order valence-corrected chi connectivity index (χ0v) is 16.5. The molecule has 0 radical (unpaired) electrons. The van der Waals surface area contributed by atoms with Crippen molar-refractivity contribution in [3.63, 3.8) is 0 Å². The highest BCUT2D eigenvalue weighted by Crippen LogP contribution is 2.31. The van der Waals surface area contributed by atoms with Gasteiger partial charge in [0, 0.05) is 11.4 Å². The second-order valence-electron chi connectivity index (χ2n) is 6.14. The number of methoxy groups -OCH3 is 1. The van der Waals surface area contributed by atoms with E-state index in [2.05, 4.69) is 39.0 Å². The normalized spacial score (nSPS) is 10.3. The average Bonchev–Trinajstić information content (AvgIpc) is 2.61. The van der Waals surface area contributed by atoms with Crippen molar-refractivity contribution in [3.8, 4) is 11.8 Å². The lowest BCUT2D eigenvalue weighted by Gasteiger charge is -2.24. The summed E-state index contributed by atoms with van der Waals surface area (Å²) in [5.74, 6) is 0.911. The third-order valence-corrected chi connectivity index (χ3v) is 5.39. The van der Waals surface area contributed by atoms with E-state index in [1.54, 1.807) is 23.8 Å². The van der Waals surface area contributed by atoms with Crippen molar-refractivity contribution in [3.05, 3.63) is 53.1 Å². The van der Waals surface area contributed by atoms with Gasteiger partial charge >= 0.3 is 0 Å². The fourth-order valence-corrected chi connectivity index (χ4v) is 4.00. The van der Waals surface area contributed by atoms with Gasteiger partial charge in [-0.05, 0) is 44.0 Å². The van der Waals surface area contributed by atoms with Gasteiger partial charge in [-0.15, -0.1) is 11.8 Å². The van der Waals surface area contributed by atoms with Crippen LogP contribution in [0.1, 0.15) is 23.1 Å². The van der Waals surface area contributed by atoms with E-state index in [9.17, 15) is 4.79 Å². The summed E-state index contributed by atoms with van der Waals surface area (Å²) in [7, 11) is 1.58. The Bertz CT molecular complexity index is 804. The molecule has 2 aromatic carbocycles. The Balaban J connectivity index is 2.21. The van der Waals surface area contributed by atoms with Crippen LogP contribution >= 0.6 is 11.8 Å². The zero-order chi connectivity index (χ0) is 19.1. The van der Waals surface area contributed by atoms with Crippen molar-refractivity contribution in [2.75, 3.05) is 24.3 Å². The highest BCUT2D eigenvalue weighted by atomic mass is 32.2. The first-order valence-corrected chi connectivity index (χ1v) is 9.47. The molecule has 0 aromatic heterocycles. The Morgan fingerprint density at radius 1 is 1.19 bits per heavy atom. The minimum atomic E-state index is -0.0332. The lowest BCUT2D eigenvalue weighted by molar-refractivity contribution is -0.116. The van der Waals surface area contributed by atoms with Gasteiger partial charge in [0.2, 0.25) is 5.91 Å². The first kappa shape index (κ1) is 19.9. The summed E-state index contributed by atoms with van der Waals surface area (Å²) < 4.78 is 5.39. The van der Waals surface area contributed by atoms with Gasteiger partial charge in [0.15, 0.2) is 0 Å². The van der Waals surface area contributed by atoms with Crippen LogP contribution in [0.2, 0.25) is 0 Å². The SMILES string of the molecule is COc1ccccc1N(CCC#N)C(=O)CSc1c(C)cc(C)cc1C. The van der Waals surface area contributed by atoms with Crippen molar-refractivity contribution in [2.24, 2.45) is 0 Å². The fraction of sp³-hybridized carbons (Fsp3) is 0.333. The van der Waals surface area contributed by atoms with Crippen LogP contribution in [0.25, 0.3) is 0 Å². The molecule has 26 heavy (non-hydrogen) atoms. The van der Waals surface area contributed by atoms with Gasteiger partial charge in [0.1, 0.15) is 5.75 Å². The molecule has 0 aliphatic carbocycles. The molecule has 0 N–H and O–H groups in total. The molecule has 0 saturated heterocycles. The molecule has 5 heteroatoms. The van der Waals surface area contributed by atoms with Crippen LogP contribution < -0.4 is 9.64 Å². The average molecular weight is 369 g/mol. The molecule has 4 nitrogen and oxygen atoms in total. The van der Waals surface area contributed by atoms with E-state index in [1.165, 1.54) is 16.7 Å². The summed E-state index contributed by atoms with van der Waals surface area (Å²) in [6.07, 6.45) is 0.275. The third-order valence-electron chi connectivity index (χ3n) is 4.07. The number of aryl methyl sites for hydroxylation is 3. The molecule has 0 bridgehead atoms. The van der Waals surface area contributed by atoms with E-state index in [4.69, 9.17) is 10.00 Å². The Morgan fingerprint density at radius 3 is 2.46 bits per heavy atom. The van der Waals surface area contributed by atoms with Crippen LogP contribution in [0.3, 0.4) is 0 Å². The topological polar surface area (TPSA) is 53.3 Å². The highest BCUT2D eigenvalue weighted by molar-refractivity contribution is 8.00. The smallest absolute Gasteiger partial charge is 0.237 e. The number of anilines is 1. The molecular weight excluding hydrogens is 344 g/mol. The summed E-state index contributed by atoms with van der Waals surface area (Å²) in [5.41, 5.74) is 4.29. The molecule has 2 aromatic rings. The number of carbonyl (C=O) groups is 1. The Kier molecular flexibility index (Phi) is 7.11. The van der Waals surface area contributed by atoms with Gasteiger partial charge in [0.25, 0.3) is 0 Å². The van der Waals surface area contributed by atoms with Crippen molar-refractivity contribution < 1.29 is 9.53 Å². The second kappa shape index (κ2) is 9.30. The van der Waals surface area contributed by atoms with Gasteiger partial charge in [-0.25, -0.2) is 0 Å². The first-order chi connectivity index (χ1) is 12.5. The fourth-order valence-electron chi connectivity index (χ4n) is 3.00. The zero-order valence-electron chi connectivity index (χ0n) is 15.7. The second-order valence-corrected chi connectivity index (χ2v) is 7.13. The van der Waals surface area contributed by atoms with Crippen molar-refractivity contribution in [1.29, 1.82) is 5.26 Å². The number of nitrogens with zero attached hydrogens (tertiary/aromatic N) is 2. The number of rotatable bonds is 7. The summed E-state index contributed by atoms with van der Waals surface area (Å²) in [6.45, 7) is 6.56. The number of para-hydroxylation sites is 2. The van der Waals surface area contributed by atoms with Gasteiger partial charge in [-0.1, -0.05) is 29.8 Å². The molecule has 0 atom stereocenters. The van der Waals surface area contributed by atoms with Crippen molar-refractivity contribution >= 4 is 23.4 Å². The Morgan fingerprint density at radius 2 is 1.85 bits per heavy atom. The largest absolute Gasteiger partial charge is 0.495 e. The maximum absolute atomic E-state index is 12.9. The quantitative estimate of drug-likeness (QED) is 0.667. The predicted octanol–water partition coefficient (Wildman–Crippen LogP) is 4.66. The molecule has 2 rings (SSSR count). The van der Waals surface area contributed by atoms with E-state index in [0.29, 0.717) is 23.7 Å². The number of benzene rings is 2. The monoisotopic (exact) mass is 368 g/mol. The Labute approximate surface area is 159 Å². The van der Waals surface area contributed by atoms with E-state index in [-0.39, 0.29) is 12.3 Å². The molecule has 136 valence electrons. The number of thioether (sulfide) groups is 1. The maximum Gasteiger partial charge on any atom is 0.237 e. The van der Waals surface area contributed by atoms with E-state index in [1.807, 2.05) is 24.3 Å². The summed E-state index contributed by atoms with van der Waals surface area (Å²) in [4.78, 5) is 15.7. The van der Waals surface area contributed by atoms with Crippen LogP contribution in [0.15, 0.2) is 41.3 Å². The molecule has 0 unspecified atom stereocenters. The summed E-state index contributed by atoms with van der Waals surface area (Å²) in [5, 5.41) is 8.95. The van der Waals surface area contributed by atoms with Crippen LogP contribution in [0.5, 0.6) is 5.75 Å².